The number of likely N-dealkylation sites (tertiary alicyclic amines) is 1. The molecule has 0 radical (unpaired) electrons. The van der Waals surface area contributed by atoms with Crippen LogP contribution in [-0.2, 0) is 0 Å². The third-order valence-electron chi connectivity index (χ3n) is 4.95. The number of hydrogen-bond donors (Lipinski definition) is 0. The van der Waals surface area contributed by atoms with Crippen molar-refractivity contribution in [1.29, 1.82) is 0 Å². The fraction of sp³-hybridized carbons (Fsp3) is 0.733. The average molecular weight is 273 g/mol. The lowest BCUT2D eigenvalue weighted by atomic mass is 10.0. The van der Waals surface area contributed by atoms with Crippen molar-refractivity contribution < 1.29 is 0 Å². The summed E-state index contributed by atoms with van der Waals surface area (Å²) in [6.07, 6.45) is 4.73. The molecule has 0 aromatic carbocycles. The second kappa shape index (κ2) is 4.58. The molecule has 2 unspecified atom stereocenters. The Labute approximate surface area is 120 Å². The fourth-order valence-corrected chi connectivity index (χ4v) is 3.67. The number of anilines is 2. The van der Waals surface area contributed by atoms with Crippen molar-refractivity contribution in [3.63, 3.8) is 0 Å². The van der Waals surface area contributed by atoms with E-state index < -0.39 is 0 Å². The third-order valence-corrected chi connectivity index (χ3v) is 4.95. The van der Waals surface area contributed by atoms with E-state index in [-0.39, 0.29) is 0 Å². The standard InChI is InChI=1S/C15H23N5/c1-18(2)14-5-6-16-15(17-14)20-9-11-7-19(13-3-4-13)8-12(11)10-20/h5-6,11-13H,3-4,7-10H2,1-2H3. The van der Waals surface area contributed by atoms with Crippen LogP contribution >= 0.6 is 0 Å². The average Bonchev–Trinajstić information content (AvgIpc) is 3.09. The molecule has 0 amide bonds. The van der Waals surface area contributed by atoms with E-state index in [1.165, 1.54) is 25.9 Å². The van der Waals surface area contributed by atoms with Gasteiger partial charge >= 0.3 is 0 Å². The monoisotopic (exact) mass is 273 g/mol. The van der Waals surface area contributed by atoms with E-state index in [0.717, 1.165) is 42.7 Å². The molecule has 2 saturated heterocycles. The minimum atomic E-state index is 0.821. The molecule has 3 aliphatic rings. The molecular weight excluding hydrogens is 250 g/mol. The highest BCUT2D eigenvalue weighted by molar-refractivity contribution is 5.43. The molecule has 0 spiro atoms. The van der Waals surface area contributed by atoms with Crippen LogP contribution in [0.1, 0.15) is 12.8 Å². The van der Waals surface area contributed by atoms with Crippen LogP contribution in [0.3, 0.4) is 0 Å². The van der Waals surface area contributed by atoms with E-state index in [9.17, 15) is 0 Å². The lowest BCUT2D eigenvalue weighted by Gasteiger charge is -2.22. The summed E-state index contributed by atoms with van der Waals surface area (Å²) in [6, 6.07) is 2.89. The van der Waals surface area contributed by atoms with Crippen LogP contribution in [0.5, 0.6) is 0 Å². The van der Waals surface area contributed by atoms with Gasteiger partial charge in [0.25, 0.3) is 0 Å². The highest BCUT2D eigenvalue weighted by atomic mass is 15.3. The Morgan fingerprint density at radius 2 is 1.80 bits per heavy atom. The van der Waals surface area contributed by atoms with E-state index in [1.807, 2.05) is 31.3 Å². The summed E-state index contributed by atoms with van der Waals surface area (Å²) >= 11 is 0. The first-order valence-corrected chi connectivity index (χ1v) is 7.70. The van der Waals surface area contributed by atoms with Gasteiger partial charge in [0.2, 0.25) is 5.95 Å². The summed E-state index contributed by atoms with van der Waals surface area (Å²) in [5.74, 6) is 3.54. The quantitative estimate of drug-likeness (QED) is 0.823. The van der Waals surface area contributed by atoms with Crippen LogP contribution in [0.4, 0.5) is 11.8 Å². The summed E-state index contributed by atoms with van der Waals surface area (Å²) in [7, 11) is 4.05. The van der Waals surface area contributed by atoms with E-state index in [0.29, 0.717) is 0 Å². The number of fused-ring (bicyclic) bond motifs is 1. The van der Waals surface area contributed by atoms with Crippen molar-refractivity contribution in [2.75, 3.05) is 50.1 Å². The first-order chi connectivity index (χ1) is 9.70. The molecule has 1 saturated carbocycles. The van der Waals surface area contributed by atoms with Gasteiger partial charge in [-0.1, -0.05) is 0 Å². The Hall–Kier alpha value is -1.36. The second-order valence-corrected chi connectivity index (χ2v) is 6.72. The molecule has 1 aromatic rings. The van der Waals surface area contributed by atoms with Crippen molar-refractivity contribution in [3.05, 3.63) is 12.3 Å². The van der Waals surface area contributed by atoms with Crippen LogP contribution in [0.2, 0.25) is 0 Å². The Kier molecular flexibility index (Phi) is 2.84. The van der Waals surface area contributed by atoms with E-state index >= 15 is 0 Å². The summed E-state index contributed by atoms with van der Waals surface area (Å²) < 4.78 is 0. The molecule has 5 nitrogen and oxygen atoms in total. The lowest BCUT2D eigenvalue weighted by molar-refractivity contribution is 0.306. The van der Waals surface area contributed by atoms with Crippen LogP contribution in [0.15, 0.2) is 12.3 Å². The zero-order valence-corrected chi connectivity index (χ0v) is 12.4. The van der Waals surface area contributed by atoms with Gasteiger partial charge in [0, 0.05) is 52.5 Å². The predicted molar refractivity (Wildman–Crippen MR) is 80.1 cm³/mol. The van der Waals surface area contributed by atoms with Gasteiger partial charge in [-0.3, -0.25) is 4.90 Å². The van der Waals surface area contributed by atoms with Gasteiger partial charge in [0.05, 0.1) is 0 Å². The molecule has 3 fully saturated rings. The SMILES string of the molecule is CN(C)c1ccnc(N2CC3CN(C4CC4)CC3C2)n1. The maximum atomic E-state index is 4.68. The maximum absolute atomic E-state index is 4.68. The van der Waals surface area contributed by atoms with Gasteiger partial charge in [0.15, 0.2) is 0 Å². The smallest absolute Gasteiger partial charge is 0.227 e. The van der Waals surface area contributed by atoms with E-state index in [1.54, 1.807) is 0 Å². The highest BCUT2D eigenvalue weighted by Crippen LogP contribution is 2.38. The Morgan fingerprint density at radius 3 is 2.40 bits per heavy atom. The zero-order valence-electron chi connectivity index (χ0n) is 12.4. The molecule has 0 N–H and O–H groups in total. The number of hydrogen-bond acceptors (Lipinski definition) is 5. The number of rotatable bonds is 3. The first kappa shape index (κ1) is 12.4. The molecular formula is C15H23N5. The molecule has 1 aromatic heterocycles. The number of aromatic nitrogens is 2. The van der Waals surface area contributed by atoms with Crippen molar-refractivity contribution in [2.24, 2.45) is 11.8 Å². The maximum Gasteiger partial charge on any atom is 0.227 e. The molecule has 2 aliphatic heterocycles. The van der Waals surface area contributed by atoms with Gasteiger partial charge in [-0.05, 0) is 30.7 Å². The number of nitrogens with zero attached hydrogens (tertiary/aromatic N) is 5. The van der Waals surface area contributed by atoms with Gasteiger partial charge in [0.1, 0.15) is 5.82 Å². The molecule has 2 atom stereocenters. The zero-order chi connectivity index (χ0) is 13.7. The minimum absolute atomic E-state index is 0.821. The Morgan fingerprint density at radius 1 is 1.10 bits per heavy atom. The van der Waals surface area contributed by atoms with Crippen molar-refractivity contribution in [1.82, 2.24) is 14.9 Å². The van der Waals surface area contributed by atoms with Crippen LogP contribution in [-0.4, -0.2) is 61.2 Å². The fourth-order valence-electron chi connectivity index (χ4n) is 3.67. The second-order valence-electron chi connectivity index (χ2n) is 6.72. The van der Waals surface area contributed by atoms with Crippen LogP contribution in [0, 0.1) is 11.8 Å². The van der Waals surface area contributed by atoms with Crippen LogP contribution < -0.4 is 9.80 Å². The summed E-state index contributed by atoms with van der Waals surface area (Å²) in [4.78, 5) is 16.3. The molecule has 108 valence electrons. The van der Waals surface area contributed by atoms with E-state index in [4.69, 9.17) is 0 Å². The van der Waals surface area contributed by atoms with Crippen LogP contribution in [0.25, 0.3) is 0 Å². The molecule has 3 heterocycles. The summed E-state index contributed by atoms with van der Waals surface area (Å²) in [6.45, 7) is 4.84. The van der Waals surface area contributed by atoms with Gasteiger partial charge in [-0.25, -0.2) is 4.98 Å². The normalized spacial score (nSPS) is 29.8. The molecule has 20 heavy (non-hydrogen) atoms. The Bertz CT molecular complexity index is 485. The largest absolute Gasteiger partial charge is 0.363 e. The van der Waals surface area contributed by atoms with Gasteiger partial charge in [-0.15, -0.1) is 0 Å². The lowest BCUT2D eigenvalue weighted by Crippen LogP contribution is -2.31. The molecule has 4 rings (SSSR count). The molecule has 5 heteroatoms. The molecule has 1 aliphatic carbocycles. The topological polar surface area (TPSA) is 35.5 Å². The first-order valence-electron chi connectivity index (χ1n) is 7.70. The molecule has 0 bridgehead atoms. The minimum Gasteiger partial charge on any atom is -0.363 e. The predicted octanol–water partition coefficient (Wildman–Crippen LogP) is 1.07. The third kappa shape index (κ3) is 2.14. The van der Waals surface area contributed by atoms with E-state index in [2.05, 4.69) is 19.8 Å². The highest BCUT2D eigenvalue weighted by Gasteiger charge is 2.44. The van der Waals surface area contributed by atoms with Crippen molar-refractivity contribution >= 4 is 11.8 Å². The summed E-state index contributed by atoms with van der Waals surface area (Å²) in [5.41, 5.74) is 0. The van der Waals surface area contributed by atoms with Gasteiger partial charge in [-0.2, -0.15) is 4.98 Å². The van der Waals surface area contributed by atoms with Crippen molar-refractivity contribution in [3.8, 4) is 0 Å². The Balaban J connectivity index is 1.45. The summed E-state index contributed by atoms with van der Waals surface area (Å²) in [5, 5.41) is 0. The van der Waals surface area contributed by atoms with Gasteiger partial charge < -0.3 is 9.80 Å². The van der Waals surface area contributed by atoms with Crippen molar-refractivity contribution in [2.45, 2.75) is 18.9 Å².